The van der Waals surface area contributed by atoms with Crippen molar-refractivity contribution in [3.05, 3.63) is 54.1 Å². The van der Waals surface area contributed by atoms with E-state index >= 15 is 0 Å². The third kappa shape index (κ3) is 4.14. The van der Waals surface area contributed by atoms with Crippen molar-refractivity contribution in [2.75, 3.05) is 39.3 Å². The van der Waals surface area contributed by atoms with Gasteiger partial charge in [0, 0.05) is 44.9 Å². The molecule has 2 aliphatic rings. The lowest BCUT2D eigenvalue weighted by atomic mass is 10.0. The molecule has 2 atom stereocenters. The smallest absolute Gasteiger partial charge is 0.173 e. The average Bonchev–Trinajstić information content (AvgIpc) is 3.38. The van der Waals surface area contributed by atoms with Crippen molar-refractivity contribution in [1.29, 1.82) is 0 Å². The SMILES string of the molecule is C=CCN1CCN([C@@H](c2ccccc2F)c2nnnn2C[C@H]2CCCO2)CC1. The number of nitrogens with zero attached hydrogens (tertiary/aromatic N) is 6. The molecule has 2 fully saturated rings. The Labute approximate surface area is 164 Å². The van der Waals surface area contributed by atoms with Gasteiger partial charge >= 0.3 is 0 Å². The summed E-state index contributed by atoms with van der Waals surface area (Å²) >= 11 is 0. The van der Waals surface area contributed by atoms with Gasteiger partial charge in [-0.2, -0.15) is 0 Å². The van der Waals surface area contributed by atoms with E-state index in [4.69, 9.17) is 4.74 Å². The number of ether oxygens (including phenoxy) is 1. The van der Waals surface area contributed by atoms with Gasteiger partial charge in [0.25, 0.3) is 0 Å². The first-order valence-electron chi connectivity index (χ1n) is 9.95. The van der Waals surface area contributed by atoms with Crippen LogP contribution in [0, 0.1) is 5.82 Å². The lowest BCUT2D eigenvalue weighted by molar-refractivity contribution is 0.0864. The molecule has 150 valence electrons. The molecule has 2 saturated heterocycles. The molecule has 0 unspecified atom stereocenters. The third-order valence-corrected chi connectivity index (χ3v) is 5.56. The van der Waals surface area contributed by atoms with Crippen LogP contribution in [-0.4, -0.2) is 75.4 Å². The Balaban J connectivity index is 1.62. The predicted molar refractivity (Wildman–Crippen MR) is 103 cm³/mol. The molecular formula is C20H27FN6O. The van der Waals surface area contributed by atoms with Gasteiger partial charge in [0.15, 0.2) is 5.82 Å². The van der Waals surface area contributed by atoms with Gasteiger partial charge in [-0.25, -0.2) is 9.07 Å². The fourth-order valence-electron chi connectivity index (χ4n) is 4.10. The summed E-state index contributed by atoms with van der Waals surface area (Å²) in [5, 5.41) is 12.4. The number of hydrogen-bond donors (Lipinski definition) is 0. The Kier molecular flexibility index (Phi) is 6.09. The van der Waals surface area contributed by atoms with Crippen LogP contribution in [0.3, 0.4) is 0 Å². The van der Waals surface area contributed by atoms with Gasteiger partial charge < -0.3 is 4.74 Å². The lowest BCUT2D eigenvalue weighted by Crippen LogP contribution is -2.48. The molecule has 0 radical (unpaired) electrons. The lowest BCUT2D eigenvalue weighted by Gasteiger charge is -2.38. The summed E-state index contributed by atoms with van der Waals surface area (Å²) in [6.45, 7) is 9.53. The van der Waals surface area contributed by atoms with Gasteiger partial charge in [0.2, 0.25) is 0 Å². The number of benzene rings is 1. The number of tetrazole rings is 1. The van der Waals surface area contributed by atoms with Crippen LogP contribution in [0.25, 0.3) is 0 Å². The molecule has 0 bridgehead atoms. The molecule has 7 nitrogen and oxygen atoms in total. The second-order valence-corrected chi connectivity index (χ2v) is 7.40. The Morgan fingerprint density at radius 1 is 1.25 bits per heavy atom. The van der Waals surface area contributed by atoms with E-state index in [1.807, 2.05) is 18.2 Å². The zero-order valence-electron chi connectivity index (χ0n) is 16.1. The minimum Gasteiger partial charge on any atom is -0.376 e. The normalized spacial score (nSPS) is 22.4. The van der Waals surface area contributed by atoms with Crippen LogP contribution in [0.5, 0.6) is 0 Å². The number of rotatable bonds is 7. The topological polar surface area (TPSA) is 59.3 Å². The van der Waals surface area contributed by atoms with Crippen LogP contribution in [0.15, 0.2) is 36.9 Å². The van der Waals surface area contributed by atoms with Gasteiger partial charge in [0.1, 0.15) is 11.9 Å². The van der Waals surface area contributed by atoms with E-state index < -0.39 is 0 Å². The molecule has 2 aromatic rings. The fraction of sp³-hybridized carbons (Fsp3) is 0.550. The number of piperazine rings is 1. The summed E-state index contributed by atoms with van der Waals surface area (Å²) in [6, 6.07) is 6.61. The monoisotopic (exact) mass is 386 g/mol. The van der Waals surface area contributed by atoms with E-state index in [0.29, 0.717) is 17.9 Å². The number of hydrogen-bond acceptors (Lipinski definition) is 6. The molecule has 0 amide bonds. The van der Waals surface area contributed by atoms with E-state index in [-0.39, 0.29) is 18.0 Å². The van der Waals surface area contributed by atoms with Crippen molar-refractivity contribution in [3.8, 4) is 0 Å². The second-order valence-electron chi connectivity index (χ2n) is 7.40. The van der Waals surface area contributed by atoms with Gasteiger partial charge in [-0.05, 0) is 29.3 Å². The Morgan fingerprint density at radius 2 is 2.07 bits per heavy atom. The van der Waals surface area contributed by atoms with Gasteiger partial charge in [-0.3, -0.25) is 9.80 Å². The molecular weight excluding hydrogens is 359 g/mol. The number of halogens is 1. The average molecular weight is 386 g/mol. The highest BCUT2D eigenvalue weighted by Gasteiger charge is 2.32. The molecule has 4 rings (SSSR count). The maximum atomic E-state index is 14.8. The summed E-state index contributed by atoms with van der Waals surface area (Å²) in [7, 11) is 0. The van der Waals surface area contributed by atoms with Gasteiger partial charge in [-0.15, -0.1) is 11.7 Å². The van der Waals surface area contributed by atoms with E-state index in [0.717, 1.165) is 52.2 Å². The van der Waals surface area contributed by atoms with Crippen LogP contribution in [-0.2, 0) is 11.3 Å². The van der Waals surface area contributed by atoms with E-state index in [2.05, 4.69) is 31.9 Å². The molecule has 28 heavy (non-hydrogen) atoms. The minimum absolute atomic E-state index is 0.118. The molecule has 8 heteroatoms. The summed E-state index contributed by atoms with van der Waals surface area (Å²) in [6.07, 6.45) is 4.10. The predicted octanol–water partition coefficient (Wildman–Crippen LogP) is 1.88. The van der Waals surface area contributed by atoms with Crippen molar-refractivity contribution in [2.45, 2.75) is 31.5 Å². The van der Waals surface area contributed by atoms with Crippen LogP contribution >= 0.6 is 0 Å². The largest absolute Gasteiger partial charge is 0.376 e. The molecule has 3 heterocycles. The van der Waals surface area contributed by atoms with Gasteiger partial charge in [-0.1, -0.05) is 24.3 Å². The van der Waals surface area contributed by atoms with E-state index in [1.165, 1.54) is 6.07 Å². The molecule has 1 aromatic heterocycles. The Hall–Kier alpha value is -2.16. The first-order chi connectivity index (χ1) is 13.8. The minimum atomic E-state index is -0.316. The Morgan fingerprint density at radius 3 is 2.79 bits per heavy atom. The fourth-order valence-corrected chi connectivity index (χ4v) is 4.10. The summed E-state index contributed by atoms with van der Waals surface area (Å²) < 4.78 is 22.3. The molecule has 1 aromatic carbocycles. The van der Waals surface area contributed by atoms with Crippen LogP contribution < -0.4 is 0 Å². The zero-order chi connectivity index (χ0) is 19.3. The van der Waals surface area contributed by atoms with Crippen LogP contribution in [0.1, 0.15) is 30.3 Å². The molecule has 2 aliphatic heterocycles. The maximum Gasteiger partial charge on any atom is 0.173 e. The Bertz CT molecular complexity index is 783. The highest BCUT2D eigenvalue weighted by Crippen LogP contribution is 2.30. The van der Waals surface area contributed by atoms with Crippen molar-refractivity contribution < 1.29 is 9.13 Å². The third-order valence-electron chi connectivity index (χ3n) is 5.56. The van der Waals surface area contributed by atoms with Crippen molar-refractivity contribution in [2.24, 2.45) is 0 Å². The van der Waals surface area contributed by atoms with Crippen LogP contribution in [0.2, 0.25) is 0 Å². The van der Waals surface area contributed by atoms with Crippen molar-refractivity contribution >= 4 is 0 Å². The number of aromatic nitrogens is 4. The van der Waals surface area contributed by atoms with Crippen LogP contribution in [0.4, 0.5) is 4.39 Å². The highest BCUT2D eigenvalue weighted by molar-refractivity contribution is 5.26. The van der Waals surface area contributed by atoms with Crippen molar-refractivity contribution in [3.63, 3.8) is 0 Å². The summed E-state index contributed by atoms with van der Waals surface area (Å²) in [5.74, 6) is 0.449. The highest BCUT2D eigenvalue weighted by atomic mass is 19.1. The molecule has 0 spiro atoms. The quantitative estimate of drug-likeness (QED) is 0.678. The first kappa shape index (κ1) is 19.2. The molecule has 0 saturated carbocycles. The second kappa shape index (κ2) is 8.89. The van der Waals surface area contributed by atoms with Gasteiger partial charge in [0.05, 0.1) is 12.6 Å². The molecule has 0 aliphatic carbocycles. The van der Waals surface area contributed by atoms with E-state index in [9.17, 15) is 4.39 Å². The summed E-state index contributed by atoms with van der Waals surface area (Å²) in [4.78, 5) is 4.62. The molecule has 0 N–H and O–H groups in total. The standard InChI is InChI=1S/C20H27FN6O/c1-2-9-25-10-12-26(13-11-25)19(17-7-3-4-8-18(17)21)20-22-23-24-27(20)15-16-6-5-14-28-16/h2-4,7-8,16,19H,1,5-6,9-15H2/t16-,19+/m1/s1. The summed E-state index contributed by atoms with van der Waals surface area (Å²) in [5.41, 5.74) is 0.614. The first-order valence-corrected chi connectivity index (χ1v) is 9.95. The maximum absolute atomic E-state index is 14.8. The zero-order valence-corrected chi connectivity index (χ0v) is 16.1. The van der Waals surface area contributed by atoms with Crippen molar-refractivity contribution in [1.82, 2.24) is 30.0 Å². The van der Waals surface area contributed by atoms with E-state index in [1.54, 1.807) is 10.7 Å².